The minimum absolute atomic E-state index is 0.0832. The van der Waals surface area contributed by atoms with Gasteiger partial charge in [0, 0.05) is 13.1 Å². The van der Waals surface area contributed by atoms with Crippen molar-refractivity contribution in [1.82, 2.24) is 10.2 Å². The lowest BCUT2D eigenvalue weighted by Crippen LogP contribution is -2.52. The molecule has 0 aromatic heterocycles. The van der Waals surface area contributed by atoms with Gasteiger partial charge in [-0.05, 0) is 74.7 Å². The zero-order valence-electron chi connectivity index (χ0n) is 23.2. The number of carbonyl (C=O) groups is 2. The van der Waals surface area contributed by atoms with Crippen LogP contribution >= 0.6 is 0 Å². The molecule has 3 aromatic rings. The number of benzene rings is 3. The maximum atomic E-state index is 14.0. The smallest absolute Gasteiger partial charge is 0.264 e. The first kappa shape index (κ1) is 29.7. The fourth-order valence-electron chi connectivity index (χ4n) is 4.29. The summed E-state index contributed by atoms with van der Waals surface area (Å²) in [5.74, 6) is -0.103. The highest BCUT2D eigenvalue weighted by Crippen LogP contribution is 2.26. The molecule has 0 fully saturated rings. The van der Waals surface area contributed by atoms with E-state index in [2.05, 4.69) is 5.32 Å². The molecule has 208 valence electrons. The van der Waals surface area contributed by atoms with Crippen molar-refractivity contribution in [3.8, 4) is 5.75 Å². The minimum Gasteiger partial charge on any atom is -0.497 e. The number of methoxy groups -OCH3 is 1. The van der Waals surface area contributed by atoms with E-state index in [-0.39, 0.29) is 17.3 Å². The van der Waals surface area contributed by atoms with E-state index in [1.165, 1.54) is 17.0 Å². The SMILES string of the molecule is CCNC(=O)[C@H](CC)N(Cc1ccc(OC)cc1)C(=O)CN(c1cccc(C)c1)S(=O)(=O)c1ccc(C)cc1. The number of nitrogens with one attached hydrogen (secondary N) is 1. The van der Waals surface area contributed by atoms with Gasteiger partial charge in [-0.3, -0.25) is 13.9 Å². The normalized spacial score (nSPS) is 11.9. The molecule has 0 spiro atoms. The lowest BCUT2D eigenvalue weighted by Gasteiger charge is -2.33. The summed E-state index contributed by atoms with van der Waals surface area (Å²) in [6.45, 7) is 7.46. The molecular weight excluding hydrogens is 514 g/mol. The molecule has 9 heteroatoms. The predicted molar refractivity (Wildman–Crippen MR) is 153 cm³/mol. The molecule has 0 radical (unpaired) electrons. The molecule has 3 rings (SSSR count). The molecule has 0 bridgehead atoms. The number of ether oxygens (including phenoxy) is 1. The number of likely N-dealkylation sites (N-methyl/N-ethyl adjacent to an activating group) is 1. The van der Waals surface area contributed by atoms with Crippen LogP contribution in [0.3, 0.4) is 0 Å². The predicted octanol–water partition coefficient (Wildman–Crippen LogP) is 4.45. The third-order valence-corrected chi connectivity index (χ3v) is 8.21. The van der Waals surface area contributed by atoms with Gasteiger partial charge in [-0.15, -0.1) is 0 Å². The molecule has 2 amide bonds. The van der Waals surface area contributed by atoms with Crippen molar-refractivity contribution in [2.75, 3.05) is 24.5 Å². The van der Waals surface area contributed by atoms with Crippen molar-refractivity contribution >= 4 is 27.5 Å². The van der Waals surface area contributed by atoms with Crippen LogP contribution in [0.1, 0.15) is 37.0 Å². The van der Waals surface area contributed by atoms with Crippen LogP contribution in [-0.4, -0.2) is 51.4 Å². The largest absolute Gasteiger partial charge is 0.497 e. The zero-order chi connectivity index (χ0) is 28.6. The highest BCUT2D eigenvalue weighted by molar-refractivity contribution is 7.92. The molecule has 0 heterocycles. The van der Waals surface area contributed by atoms with Gasteiger partial charge in [0.05, 0.1) is 17.7 Å². The average Bonchev–Trinajstić information content (AvgIpc) is 2.92. The monoisotopic (exact) mass is 551 g/mol. The first-order chi connectivity index (χ1) is 18.6. The molecule has 1 N–H and O–H groups in total. The van der Waals surface area contributed by atoms with E-state index in [0.717, 1.165) is 21.0 Å². The summed E-state index contributed by atoms with van der Waals surface area (Å²) in [6.07, 6.45) is 0.364. The van der Waals surface area contributed by atoms with Crippen LogP contribution in [0.4, 0.5) is 5.69 Å². The van der Waals surface area contributed by atoms with Gasteiger partial charge in [0.25, 0.3) is 10.0 Å². The van der Waals surface area contributed by atoms with Gasteiger partial charge < -0.3 is 15.0 Å². The van der Waals surface area contributed by atoms with E-state index >= 15 is 0 Å². The Labute approximate surface area is 231 Å². The number of nitrogens with zero attached hydrogens (tertiary/aromatic N) is 2. The van der Waals surface area contributed by atoms with Crippen molar-refractivity contribution in [2.24, 2.45) is 0 Å². The highest BCUT2D eigenvalue weighted by atomic mass is 32.2. The Morgan fingerprint density at radius 1 is 0.923 bits per heavy atom. The van der Waals surface area contributed by atoms with Crippen LogP contribution in [0, 0.1) is 13.8 Å². The van der Waals surface area contributed by atoms with Gasteiger partial charge in [0.15, 0.2) is 0 Å². The third-order valence-electron chi connectivity index (χ3n) is 6.43. The molecule has 8 nitrogen and oxygen atoms in total. The van der Waals surface area contributed by atoms with Gasteiger partial charge in [0.2, 0.25) is 11.8 Å². The van der Waals surface area contributed by atoms with E-state index in [1.807, 2.05) is 45.9 Å². The Hall–Kier alpha value is -3.85. The summed E-state index contributed by atoms with van der Waals surface area (Å²) in [6, 6.07) is 20.0. The van der Waals surface area contributed by atoms with Crippen LogP contribution in [0.5, 0.6) is 5.75 Å². The summed E-state index contributed by atoms with van der Waals surface area (Å²) in [5.41, 5.74) is 2.94. The molecule has 0 aliphatic carbocycles. The van der Waals surface area contributed by atoms with E-state index < -0.39 is 28.5 Å². The molecule has 0 saturated heterocycles. The second kappa shape index (κ2) is 13.3. The van der Waals surface area contributed by atoms with Crippen LogP contribution in [-0.2, 0) is 26.2 Å². The number of carbonyl (C=O) groups excluding carboxylic acids is 2. The molecule has 0 unspecified atom stereocenters. The first-order valence-corrected chi connectivity index (χ1v) is 14.4. The average molecular weight is 552 g/mol. The fraction of sp³-hybridized carbons (Fsp3) is 0.333. The van der Waals surface area contributed by atoms with Crippen molar-refractivity contribution in [2.45, 2.75) is 51.6 Å². The van der Waals surface area contributed by atoms with Gasteiger partial charge >= 0.3 is 0 Å². The Morgan fingerprint density at radius 3 is 2.15 bits per heavy atom. The topological polar surface area (TPSA) is 96.0 Å². The summed E-state index contributed by atoms with van der Waals surface area (Å²) in [4.78, 5) is 28.5. The number of rotatable bonds is 12. The van der Waals surface area contributed by atoms with E-state index in [9.17, 15) is 18.0 Å². The van der Waals surface area contributed by atoms with E-state index in [1.54, 1.807) is 49.6 Å². The van der Waals surface area contributed by atoms with Crippen molar-refractivity contribution in [3.63, 3.8) is 0 Å². The van der Waals surface area contributed by atoms with Crippen LogP contribution < -0.4 is 14.4 Å². The summed E-state index contributed by atoms with van der Waals surface area (Å²) < 4.78 is 34.1. The maximum Gasteiger partial charge on any atom is 0.264 e. The zero-order valence-corrected chi connectivity index (χ0v) is 24.0. The van der Waals surface area contributed by atoms with Gasteiger partial charge in [-0.25, -0.2) is 8.42 Å². The summed E-state index contributed by atoms with van der Waals surface area (Å²) in [7, 11) is -2.52. The lowest BCUT2D eigenvalue weighted by atomic mass is 10.1. The third kappa shape index (κ3) is 7.38. The Morgan fingerprint density at radius 2 is 1.59 bits per heavy atom. The van der Waals surface area contributed by atoms with Gasteiger partial charge in [0.1, 0.15) is 18.3 Å². The van der Waals surface area contributed by atoms with Crippen molar-refractivity contribution in [1.29, 1.82) is 0 Å². The lowest BCUT2D eigenvalue weighted by molar-refractivity contribution is -0.140. The van der Waals surface area contributed by atoms with Gasteiger partial charge in [-0.2, -0.15) is 0 Å². The number of aryl methyl sites for hydroxylation is 2. The molecule has 0 aliphatic rings. The van der Waals surface area contributed by atoms with Crippen LogP contribution in [0.2, 0.25) is 0 Å². The second-order valence-electron chi connectivity index (χ2n) is 9.35. The standard InChI is InChI=1S/C30H37N3O5S/c1-6-28(30(35)31-7-2)32(20-24-13-15-26(38-5)16-14-24)29(34)21-33(25-10-8-9-23(4)19-25)39(36,37)27-17-11-22(3)12-18-27/h8-19,28H,6-7,20-21H2,1-5H3,(H,31,35)/t28-/m0/s1. The number of anilines is 1. The second-order valence-corrected chi connectivity index (χ2v) is 11.2. The Balaban J connectivity index is 2.05. The van der Waals surface area contributed by atoms with Crippen molar-refractivity contribution in [3.05, 3.63) is 89.5 Å². The Bertz CT molecular complexity index is 1370. The number of amides is 2. The minimum atomic E-state index is -4.09. The molecule has 0 aliphatic heterocycles. The number of hydrogen-bond donors (Lipinski definition) is 1. The van der Waals surface area contributed by atoms with Crippen LogP contribution in [0.25, 0.3) is 0 Å². The quantitative estimate of drug-likeness (QED) is 0.359. The summed E-state index contributed by atoms with van der Waals surface area (Å²) >= 11 is 0. The maximum absolute atomic E-state index is 14.0. The Kier molecular flexibility index (Phi) is 10.1. The highest BCUT2D eigenvalue weighted by Gasteiger charge is 2.33. The van der Waals surface area contributed by atoms with Crippen molar-refractivity contribution < 1.29 is 22.7 Å². The molecule has 3 aromatic carbocycles. The number of hydrogen-bond acceptors (Lipinski definition) is 5. The van der Waals surface area contributed by atoms with E-state index in [4.69, 9.17) is 4.74 Å². The first-order valence-electron chi connectivity index (χ1n) is 13.0. The molecular formula is C30H37N3O5S. The van der Waals surface area contributed by atoms with Gasteiger partial charge in [-0.1, -0.05) is 48.9 Å². The molecule has 39 heavy (non-hydrogen) atoms. The fourth-order valence-corrected chi connectivity index (χ4v) is 5.69. The summed E-state index contributed by atoms with van der Waals surface area (Å²) in [5, 5.41) is 2.81. The molecule has 1 atom stereocenters. The number of sulfonamides is 1. The van der Waals surface area contributed by atoms with E-state index in [0.29, 0.717) is 24.4 Å². The van der Waals surface area contributed by atoms with Crippen LogP contribution in [0.15, 0.2) is 77.7 Å². The molecule has 0 saturated carbocycles.